The Morgan fingerprint density at radius 3 is 2.38 bits per heavy atom. The van der Waals surface area contributed by atoms with Gasteiger partial charge in [0.2, 0.25) is 6.10 Å². The molecule has 21 heavy (non-hydrogen) atoms. The lowest BCUT2D eigenvalue weighted by Gasteiger charge is -2.23. The maximum Gasteiger partial charge on any atom is 0.346 e. The van der Waals surface area contributed by atoms with Crippen LogP contribution in [-0.4, -0.2) is 42.3 Å². The van der Waals surface area contributed by atoms with Crippen molar-refractivity contribution in [3.05, 3.63) is 30.1 Å². The van der Waals surface area contributed by atoms with E-state index in [1.165, 1.54) is 19.2 Å². The molecule has 0 saturated carbocycles. The third kappa shape index (κ3) is 5.03. The molecule has 0 heterocycles. The van der Waals surface area contributed by atoms with Crippen LogP contribution in [0.3, 0.4) is 0 Å². The molecule has 0 saturated heterocycles. The molecule has 7 heteroatoms. The van der Waals surface area contributed by atoms with Gasteiger partial charge in [-0.25, -0.2) is 9.18 Å². The number of amides is 1. The van der Waals surface area contributed by atoms with E-state index >= 15 is 0 Å². The molecule has 0 aromatic heterocycles. The van der Waals surface area contributed by atoms with Crippen molar-refractivity contribution in [2.75, 3.05) is 13.7 Å². The van der Waals surface area contributed by atoms with Crippen LogP contribution in [0.5, 0.6) is 5.75 Å². The van der Waals surface area contributed by atoms with Crippen molar-refractivity contribution < 1.29 is 28.6 Å². The quantitative estimate of drug-likeness (QED) is 0.790. The Kier molecular flexibility index (Phi) is 5.66. The van der Waals surface area contributed by atoms with Crippen LogP contribution in [0.25, 0.3) is 0 Å². The van der Waals surface area contributed by atoms with Gasteiger partial charge in [0.25, 0.3) is 5.91 Å². The summed E-state index contributed by atoms with van der Waals surface area (Å²) >= 11 is 0. The van der Waals surface area contributed by atoms with Gasteiger partial charge in [-0.05, 0) is 38.1 Å². The first-order chi connectivity index (χ1) is 9.76. The van der Waals surface area contributed by atoms with Crippen LogP contribution in [0.2, 0.25) is 0 Å². The summed E-state index contributed by atoms with van der Waals surface area (Å²) in [5, 5.41) is 11.5. The highest BCUT2D eigenvalue weighted by atomic mass is 19.1. The van der Waals surface area contributed by atoms with Crippen LogP contribution in [0.1, 0.15) is 13.8 Å². The fourth-order valence-electron chi connectivity index (χ4n) is 1.35. The molecule has 0 fully saturated rings. The van der Waals surface area contributed by atoms with Crippen molar-refractivity contribution in [3.63, 3.8) is 0 Å². The number of methoxy groups -OCH3 is 1. The SMILES string of the molecule is COC(C)(C)C(=O)NCC(Oc1ccc(F)cc1)C(=O)O. The largest absolute Gasteiger partial charge is 0.478 e. The molecule has 1 rings (SSSR count). The van der Waals surface area contributed by atoms with Gasteiger partial charge in [-0.15, -0.1) is 0 Å². The average molecular weight is 299 g/mol. The summed E-state index contributed by atoms with van der Waals surface area (Å²) in [6.45, 7) is 2.87. The van der Waals surface area contributed by atoms with Gasteiger partial charge in [0.15, 0.2) is 0 Å². The van der Waals surface area contributed by atoms with Crippen LogP contribution in [0.15, 0.2) is 24.3 Å². The summed E-state index contributed by atoms with van der Waals surface area (Å²) in [5.41, 5.74) is -1.07. The van der Waals surface area contributed by atoms with Crippen molar-refractivity contribution in [3.8, 4) is 5.75 Å². The number of rotatable bonds is 7. The van der Waals surface area contributed by atoms with E-state index < -0.39 is 29.4 Å². The molecule has 1 aromatic rings. The minimum Gasteiger partial charge on any atom is -0.478 e. The van der Waals surface area contributed by atoms with E-state index in [-0.39, 0.29) is 12.3 Å². The Labute approximate surface area is 121 Å². The van der Waals surface area contributed by atoms with Gasteiger partial charge in [0, 0.05) is 7.11 Å². The minimum atomic E-state index is -1.29. The summed E-state index contributed by atoms with van der Waals surface area (Å²) in [4.78, 5) is 22.9. The number of aliphatic carboxylic acids is 1. The zero-order valence-electron chi connectivity index (χ0n) is 12.1. The van der Waals surface area contributed by atoms with Gasteiger partial charge in [-0.3, -0.25) is 4.79 Å². The first-order valence-corrected chi connectivity index (χ1v) is 6.24. The number of benzene rings is 1. The third-order valence-electron chi connectivity index (χ3n) is 2.87. The van der Waals surface area contributed by atoms with Crippen LogP contribution < -0.4 is 10.1 Å². The van der Waals surface area contributed by atoms with E-state index in [0.717, 1.165) is 12.1 Å². The van der Waals surface area contributed by atoms with Crippen LogP contribution in [0, 0.1) is 5.82 Å². The van der Waals surface area contributed by atoms with Crippen molar-refractivity contribution in [1.82, 2.24) is 5.32 Å². The first kappa shape index (κ1) is 16.9. The zero-order chi connectivity index (χ0) is 16.0. The molecule has 0 aliphatic rings. The molecule has 0 spiro atoms. The second-order valence-electron chi connectivity index (χ2n) is 4.82. The van der Waals surface area contributed by atoms with E-state index in [4.69, 9.17) is 14.6 Å². The molecule has 1 unspecified atom stereocenters. The van der Waals surface area contributed by atoms with E-state index in [9.17, 15) is 14.0 Å². The standard InChI is InChI=1S/C14H18FNO5/c1-14(2,20-3)13(19)16-8-11(12(17)18)21-10-6-4-9(15)5-7-10/h4-7,11H,8H2,1-3H3,(H,16,19)(H,17,18). The molecule has 0 aliphatic heterocycles. The minimum absolute atomic E-state index is 0.198. The maximum absolute atomic E-state index is 12.8. The lowest BCUT2D eigenvalue weighted by atomic mass is 10.1. The fourth-order valence-corrected chi connectivity index (χ4v) is 1.35. The van der Waals surface area contributed by atoms with Gasteiger partial charge in [-0.2, -0.15) is 0 Å². The van der Waals surface area contributed by atoms with Gasteiger partial charge in [0.05, 0.1) is 6.54 Å². The number of nitrogens with one attached hydrogen (secondary N) is 1. The van der Waals surface area contributed by atoms with Crippen molar-refractivity contribution in [2.24, 2.45) is 0 Å². The van der Waals surface area contributed by atoms with E-state index in [0.29, 0.717) is 0 Å². The zero-order valence-corrected chi connectivity index (χ0v) is 12.1. The topological polar surface area (TPSA) is 84.9 Å². The van der Waals surface area contributed by atoms with Gasteiger partial charge >= 0.3 is 5.97 Å². The summed E-state index contributed by atoms with van der Waals surface area (Å²) in [6.07, 6.45) is -1.29. The monoisotopic (exact) mass is 299 g/mol. The Morgan fingerprint density at radius 1 is 1.33 bits per heavy atom. The second-order valence-corrected chi connectivity index (χ2v) is 4.82. The van der Waals surface area contributed by atoms with E-state index in [1.807, 2.05) is 0 Å². The second kappa shape index (κ2) is 7.03. The predicted molar refractivity (Wildman–Crippen MR) is 72.5 cm³/mol. The Morgan fingerprint density at radius 2 is 1.90 bits per heavy atom. The Balaban J connectivity index is 2.65. The summed E-state index contributed by atoms with van der Waals surface area (Å²) in [7, 11) is 1.38. The fraction of sp³-hybridized carbons (Fsp3) is 0.429. The van der Waals surface area contributed by atoms with E-state index in [2.05, 4.69) is 5.32 Å². The number of carbonyl (C=O) groups is 2. The van der Waals surface area contributed by atoms with E-state index in [1.54, 1.807) is 13.8 Å². The van der Waals surface area contributed by atoms with Crippen LogP contribution in [-0.2, 0) is 14.3 Å². The molecule has 0 radical (unpaired) electrons. The number of carboxylic acid groups (broad SMARTS) is 1. The molecular weight excluding hydrogens is 281 g/mol. The summed E-state index contributed by atoms with van der Waals surface area (Å²) in [5.74, 6) is -1.96. The Hall–Kier alpha value is -2.15. The highest BCUT2D eigenvalue weighted by molar-refractivity contribution is 5.85. The molecular formula is C14H18FNO5. The van der Waals surface area contributed by atoms with Crippen molar-refractivity contribution in [1.29, 1.82) is 0 Å². The van der Waals surface area contributed by atoms with Gasteiger partial charge in [0.1, 0.15) is 17.2 Å². The summed E-state index contributed by atoms with van der Waals surface area (Å²) < 4.78 is 23.0. The van der Waals surface area contributed by atoms with Crippen molar-refractivity contribution in [2.45, 2.75) is 25.6 Å². The number of carboxylic acids is 1. The highest BCUT2D eigenvalue weighted by Gasteiger charge is 2.29. The normalized spacial score (nSPS) is 12.6. The number of hydrogen-bond acceptors (Lipinski definition) is 4. The number of carbonyl (C=O) groups excluding carboxylic acids is 1. The van der Waals surface area contributed by atoms with Gasteiger partial charge < -0.3 is 19.9 Å². The summed E-state index contributed by atoms with van der Waals surface area (Å²) in [6, 6.07) is 4.93. The molecule has 1 amide bonds. The number of halogens is 1. The lowest BCUT2D eigenvalue weighted by molar-refractivity contribution is -0.146. The van der Waals surface area contributed by atoms with Crippen LogP contribution >= 0.6 is 0 Å². The predicted octanol–water partition coefficient (Wildman–Crippen LogP) is 1.20. The molecule has 1 atom stereocenters. The highest BCUT2D eigenvalue weighted by Crippen LogP contribution is 2.13. The first-order valence-electron chi connectivity index (χ1n) is 6.24. The molecule has 1 aromatic carbocycles. The molecule has 6 nitrogen and oxygen atoms in total. The maximum atomic E-state index is 12.8. The molecule has 2 N–H and O–H groups in total. The van der Waals surface area contributed by atoms with Crippen LogP contribution in [0.4, 0.5) is 4.39 Å². The number of hydrogen-bond donors (Lipinski definition) is 2. The number of ether oxygens (including phenoxy) is 2. The van der Waals surface area contributed by atoms with Gasteiger partial charge in [-0.1, -0.05) is 0 Å². The smallest absolute Gasteiger partial charge is 0.346 e. The lowest BCUT2D eigenvalue weighted by Crippen LogP contribution is -2.48. The molecule has 0 aliphatic carbocycles. The average Bonchev–Trinajstić information content (AvgIpc) is 2.44. The Bertz CT molecular complexity index is 501. The molecule has 0 bridgehead atoms. The van der Waals surface area contributed by atoms with Crippen molar-refractivity contribution >= 4 is 11.9 Å². The third-order valence-corrected chi connectivity index (χ3v) is 2.87. The molecule has 116 valence electrons.